The highest BCUT2D eigenvalue weighted by Gasteiger charge is 2.43. The van der Waals surface area contributed by atoms with E-state index in [9.17, 15) is 0 Å². The number of aryl methyl sites for hydroxylation is 1. The summed E-state index contributed by atoms with van der Waals surface area (Å²) in [5.74, 6) is 0. The van der Waals surface area contributed by atoms with Crippen LogP contribution >= 0.6 is 11.8 Å². The molecule has 0 aliphatic carbocycles. The van der Waals surface area contributed by atoms with Crippen molar-refractivity contribution in [1.82, 2.24) is 9.88 Å². The van der Waals surface area contributed by atoms with Crippen LogP contribution in [0.5, 0.6) is 0 Å². The van der Waals surface area contributed by atoms with E-state index in [1.54, 1.807) is 0 Å². The number of benzene rings is 1. The summed E-state index contributed by atoms with van der Waals surface area (Å²) in [6.07, 6.45) is 1.86. The van der Waals surface area contributed by atoms with Gasteiger partial charge in [-0.05, 0) is 30.2 Å². The fraction of sp³-hybridized carbons (Fsp3) is 0.333. The lowest BCUT2D eigenvalue weighted by atomic mass is 9.93. The molecule has 3 heterocycles. The van der Waals surface area contributed by atoms with Gasteiger partial charge in [0.05, 0.1) is 11.7 Å². The summed E-state index contributed by atoms with van der Waals surface area (Å²) in [6.45, 7) is 5.53. The second kappa shape index (κ2) is 5.43. The number of rotatable bonds is 2. The molecule has 3 nitrogen and oxygen atoms in total. The molecule has 0 unspecified atom stereocenters. The van der Waals surface area contributed by atoms with Gasteiger partial charge in [-0.2, -0.15) is 0 Å². The predicted molar refractivity (Wildman–Crippen MR) is 92.1 cm³/mol. The Bertz CT molecular complexity index is 713. The number of hydrogen-bond donors (Lipinski definition) is 0. The van der Waals surface area contributed by atoms with Crippen molar-refractivity contribution in [2.45, 2.75) is 31.2 Å². The topological polar surface area (TPSA) is 28.5 Å². The highest BCUT2D eigenvalue weighted by atomic mass is 32.2. The minimum Gasteiger partial charge on any atom is -0.341 e. The van der Waals surface area contributed by atoms with Crippen LogP contribution in [0, 0.1) is 6.92 Å². The van der Waals surface area contributed by atoms with E-state index in [2.05, 4.69) is 60.1 Å². The Morgan fingerprint density at radius 3 is 2.73 bits per heavy atom. The predicted octanol–water partition coefficient (Wildman–Crippen LogP) is 3.98. The van der Waals surface area contributed by atoms with Crippen LogP contribution in [0.3, 0.4) is 0 Å². The molecule has 0 saturated carbocycles. The van der Waals surface area contributed by atoms with Crippen LogP contribution in [0.4, 0.5) is 0 Å². The van der Waals surface area contributed by atoms with Crippen molar-refractivity contribution in [3.8, 4) is 0 Å². The molecule has 0 bridgehead atoms. The molecule has 22 heavy (non-hydrogen) atoms. The summed E-state index contributed by atoms with van der Waals surface area (Å²) >= 11 is 1.89. The summed E-state index contributed by atoms with van der Waals surface area (Å²) in [5, 5.41) is 1.78. The molecule has 1 aromatic carbocycles. The number of amidine groups is 1. The number of aliphatic imine (C=N–C) groups is 1. The summed E-state index contributed by atoms with van der Waals surface area (Å²) in [5.41, 5.74) is 3.76. The van der Waals surface area contributed by atoms with Gasteiger partial charge in [-0.1, -0.05) is 49.0 Å². The third-order valence-electron chi connectivity index (χ3n) is 4.39. The highest BCUT2D eigenvalue weighted by molar-refractivity contribution is 8.14. The molecular formula is C18H19N3S. The van der Waals surface area contributed by atoms with Crippen LogP contribution in [0.1, 0.15) is 35.8 Å². The summed E-state index contributed by atoms with van der Waals surface area (Å²) in [7, 11) is 0. The largest absolute Gasteiger partial charge is 0.341 e. The van der Waals surface area contributed by atoms with Crippen molar-refractivity contribution in [3.63, 3.8) is 0 Å². The molecule has 1 saturated heterocycles. The zero-order valence-corrected chi connectivity index (χ0v) is 13.6. The number of aromatic nitrogens is 1. The monoisotopic (exact) mass is 309 g/mol. The van der Waals surface area contributed by atoms with Crippen LogP contribution in [-0.2, 0) is 0 Å². The van der Waals surface area contributed by atoms with Gasteiger partial charge in [0.25, 0.3) is 0 Å². The van der Waals surface area contributed by atoms with Gasteiger partial charge in [-0.3, -0.25) is 9.98 Å². The molecule has 0 N–H and O–H groups in total. The molecule has 1 aromatic heterocycles. The molecular weight excluding hydrogens is 290 g/mol. The Morgan fingerprint density at radius 1 is 1.14 bits per heavy atom. The third kappa shape index (κ3) is 2.22. The van der Waals surface area contributed by atoms with Crippen molar-refractivity contribution in [2.75, 3.05) is 6.54 Å². The number of nitrogens with zero attached hydrogens (tertiary/aromatic N) is 3. The molecule has 112 valence electrons. The molecule has 2 aliphatic rings. The van der Waals surface area contributed by atoms with E-state index in [1.165, 1.54) is 16.3 Å². The summed E-state index contributed by atoms with van der Waals surface area (Å²) in [6, 6.07) is 15.1. The first kappa shape index (κ1) is 13.8. The van der Waals surface area contributed by atoms with Crippen molar-refractivity contribution >= 4 is 16.9 Å². The second-order valence-electron chi connectivity index (χ2n) is 5.99. The molecule has 0 amide bonds. The first-order valence-electron chi connectivity index (χ1n) is 7.71. The van der Waals surface area contributed by atoms with Gasteiger partial charge in [0.2, 0.25) is 0 Å². The van der Waals surface area contributed by atoms with E-state index in [0.29, 0.717) is 5.25 Å². The van der Waals surface area contributed by atoms with Gasteiger partial charge in [0.1, 0.15) is 6.04 Å². The van der Waals surface area contributed by atoms with E-state index in [1.807, 2.05) is 24.0 Å². The standard InChI is InChI=1S/C18H19N3S/c1-12-7-3-4-8-14(12)17-16(15-9-5-6-10-19-15)20-18-21(17)11-13(2)22-18/h3-10,13,16-17H,11H2,1-2H3/t13-,16-,17-/m1/s1. The summed E-state index contributed by atoms with van der Waals surface area (Å²) in [4.78, 5) is 12.1. The van der Waals surface area contributed by atoms with Gasteiger partial charge in [-0.25, -0.2) is 0 Å². The van der Waals surface area contributed by atoms with E-state index >= 15 is 0 Å². The lowest BCUT2D eigenvalue weighted by Gasteiger charge is -2.28. The van der Waals surface area contributed by atoms with Crippen molar-refractivity contribution in [2.24, 2.45) is 4.99 Å². The quantitative estimate of drug-likeness (QED) is 0.840. The van der Waals surface area contributed by atoms with Crippen molar-refractivity contribution < 1.29 is 0 Å². The zero-order chi connectivity index (χ0) is 15.1. The Morgan fingerprint density at radius 2 is 1.95 bits per heavy atom. The van der Waals surface area contributed by atoms with E-state index < -0.39 is 0 Å². The maximum atomic E-state index is 5.01. The van der Waals surface area contributed by atoms with E-state index in [-0.39, 0.29) is 12.1 Å². The van der Waals surface area contributed by atoms with E-state index in [0.717, 1.165) is 12.2 Å². The van der Waals surface area contributed by atoms with Gasteiger partial charge in [-0.15, -0.1) is 0 Å². The van der Waals surface area contributed by atoms with Gasteiger partial charge >= 0.3 is 0 Å². The molecule has 1 fully saturated rings. The number of pyridine rings is 1. The highest BCUT2D eigenvalue weighted by Crippen LogP contribution is 2.47. The maximum absolute atomic E-state index is 5.01. The molecule has 0 spiro atoms. The lowest BCUT2D eigenvalue weighted by Crippen LogP contribution is -2.29. The SMILES string of the molecule is Cc1ccccc1[C@@H]1[C@@H](c2ccccn2)N=C2S[C@H](C)CN21. The Labute approximate surface area is 135 Å². The van der Waals surface area contributed by atoms with Gasteiger partial charge in [0, 0.05) is 18.0 Å². The third-order valence-corrected chi connectivity index (χ3v) is 5.49. The fourth-order valence-electron chi connectivity index (χ4n) is 3.37. The lowest BCUT2D eigenvalue weighted by molar-refractivity contribution is 0.320. The van der Waals surface area contributed by atoms with Crippen LogP contribution in [0.15, 0.2) is 53.7 Å². The minimum absolute atomic E-state index is 0.0947. The van der Waals surface area contributed by atoms with Crippen LogP contribution in [0.2, 0.25) is 0 Å². The Kier molecular flexibility index (Phi) is 3.41. The normalized spacial score (nSPS) is 26.9. The zero-order valence-electron chi connectivity index (χ0n) is 12.8. The van der Waals surface area contributed by atoms with Crippen molar-refractivity contribution in [3.05, 3.63) is 65.5 Å². The number of fused-ring (bicyclic) bond motifs is 1. The van der Waals surface area contributed by atoms with E-state index in [4.69, 9.17) is 4.99 Å². The molecule has 3 atom stereocenters. The Balaban J connectivity index is 1.81. The van der Waals surface area contributed by atoms with Crippen LogP contribution in [0.25, 0.3) is 0 Å². The average molecular weight is 309 g/mol. The first-order valence-corrected chi connectivity index (χ1v) is 8.59. The van der Waals surface area contributed by atoms with Crippen LogP contribution in [-0.4, -0.2) is 26.8 Å². The molecule has 2 aromatic rings. The number of thioether (sulfide) groups is 1. The summed E-state index contributed by atoms with van der Waals surface area (Å²) < 4.78 is 0. The number of hydrogen-bond acceptors (Lipinski definition) is 4. The molecule has 0 radical (unpaired) electrons. The maximum Gasteiger partial charge on any atom is 0.160 e. The average Bonchev–Trinajstić information content (AvgIpc) is 3.05. The minimum atomic E-state index is 0.0947. The fourth-order valence-corrected chi connectivity index (χ4v) is 4.47. The van der Waals surface area contributed by atoms with Gasteiger partial charge in [0.15, 0.2) is 5.17 Å². The second-order valence-corrected chi connectivity index (χ2v) is 7.40. The van der Waals surface area contributed by atoms with Crippen LogP contribution < -0.4 is 0 Å². The molecule has 4 heteroatoms. The molecule has 2 aliphatic heterocycles. The van der Waals surface area contributed by atoms with Crippen molar-refractivity contribution in [1.29, 1.82) is 0 Å². The van der Waals surface area contributed by atoms with Gasteiger partial charge < -0.3 is 4.90 Å². The Hall–Kier alpha value is -1.81. The molecule has 4 rings (SSSR count). The smallest absolute Gasteiger partial charge is 0.160 e. The first-order chi connectivity index (χ1) is 10.7.